The van der Waals surface area contributed by atoms with Gasteiger partial charge in [0.1, 0.15) is 11.1 Å². The van der Waals surface area contributed by atoms with E-state index in [2.05, 4.69) is 28.5 Å². The summed E-state index contributed by atoms with van der Waals surface area (Å²) in [6.07, 6.45) is 3.76. The van der Waals surface area contributed by atoms with E-state index in [1.165, 1.54) is 32.5 Å². The fourth-order valence-electron chi connectivity index (χ4n) is 3.08. The van der Waals surface area contributed by atoms with Gasteiger partial charge in [-0.2, -0.15) is 5.26 Å². The molecule has 2 N–H and O–H groups in total. The molecule has 1 aliphatic carbocycles. The summed E-state index contributed by atoms with van der Waals surface area (Å²) in [6.45, 7) is 4.75. The third kappa shape index (κ3) is 3.86. The first kappa shape index (κ1) is 18.7. The van der Waals surface area contributed by atoms with Crippen molar-refractivity contribution in [3.05, 3.63) is 26.5 Å². The molecule has 1 amide bonds. The summed E-state index contributed by atoms with van der Waals surface area (Å²) in [5.74, 6) is 0.552. The molecule has 7 nitrogen and oxygen atoms in total. The lowest BCUT2D eigenvalue weighted by atomic mass is 9.89. The summed E-state index contributed by atoms with van der Waals surface area (Å²) in [6, 6.07) is 2.25. The molecule has 0 radical (unpaired) electrons. The number of aromatic nitrogens is 3. The monoisotopic (exact) mass is 391 g/mol. The van der Waals surface area contributed by atoms with Gasteiger partial charge in [0.25, 0.3) is 0 Å². The number of nitriles is 1. The molecule has 138 valence electrons. The van der Waals surface area contributed by atoms with Crippen LogP contribution in [-0.4, -0.2) is 26.4 Å². The van der Waals surface area contributed by atoms with E-state index in [-0.39, 0.29) is 17.3 Å². The number of carbonyl (C=O) groups excluding carboxylic acids is 1. The van der Waals surface area contributed by atoms with Crippen LogP contribution in [0.4, 0.5) is 5.00 Å². The molecular weight excluding hydrogens is 370 g/mol. The molecule has 3 rings (SSSR count). The lowest BCUT2D eigenvalue weighted by molar-refractivity contribution is -0.113. The smallest absolute Gasteiger partial charge is 0.316 e. The summed E-state index contributed by atoms with van der Waals surface area (Å²) in [5.41, 5.74) is 1.45. The van der Waals surface area contributed by atoms with Gasteiger partial charge in [-0.15, -0.1) is 16.4 Å². The van der Waals surface area contributed by atoms with Crippen molar-refractivity contribution in [1.82, 2.24) is 14.8 Å². The first-order chi connectivity index (χ1) is 12.5. The molecule has 0 fully saturated rings. The second kappa shape index (κ2) is 8.10. The lowest BCUT2D eigenvalue weighted by Crippen LogP contribution is -2.18. The highest BCUT2D eigenvalue weighted by Crippen LogP contribution is 2.39. The molecule has 2 aromatic rings. The molecule has 1 aliphatic rings. The van der Waals surface area contributed by atoms with E-state index in [4.69, 9.17) is 0 Å². The lowest BCUT2D eigenvalue weighted by Gasteiger charge is -2.17. The van der Waals surface area contributed by atoms with Crippen LogP contribution in [0, 0.1) is 17.2 Å². The van der Waals surface area contributed by atoms with Gasteiger partial charge >= 0.3 is 5.69 Å². The number of rotatable bonds is 6. The molecule has 26 heavy (non-hydrogen) atoms. The Bertz CT molecular complexity index is 905. The molecule has 0 aliphatic heterocycles. The van der Waals surface area contributed by atoms with Crippen LogP contribution in [0.1, 0.15) is 42.7 Å². The van der Waals surface area contributed by atoms with Gasteiger partial charge in [-0.3, -0.25) is 9.36 Å². The van der Waals surface area contributed by atoms with Gasteiger partial charge in [-0.1, -0.05) is 25.6 Å². The Balaban J connectivity index is 1.68. The highest BCUT2D eigenvalue weighted by molar-refractivity contribution is 7.99. The van der Waals surface area contributed by atoms with E-state index in [1.54, 1.807) is 0 Å². The number of amides is 1. The molecule has 0 spiro atoms. The maximum atomic E-state index is 12.3. The van der Waals surface area contributed by atoms with Crippen LogP contribution in [0.2, 0.25) is 0 Å². The summed E-state index contributed by atoms with van der Waals surface area (Å²) >= 11 is 2.73. The van der Waals surface area contributed by atoms with Crippen molar-refractivity contribution in [3.8, 4) is 6.07 Å². The maximum absolute atomic E-state index is 12.3. The van der Waals surface area contributed by atoms with E-state index in [0.717, 1.165) is 31.2 Å². The normalized spacial score (nSPS) is 16.1. The van der Waals surface area contributed by atoms with Crippen LogP contribution in [0.3, 0.4) is 0 Å². The topological polar surface area (TPSA) is 104 Å². The van der Waals surface area contributed by atoms with Gasteiger partial charge in [0, 0.05) is 11.4 Å². The molecular formula is C17H21N5O2S2. The largest absolute Gasteiger partial charge is 0.343 e. The molecule has 0 unspecified atom stereocenters. The Morgan fingerprint density at radius 1 is 1.58 bits per heavy atom. The summed E-state index contributed by atoms with van der Waals surface area (Å²) in [5, 5.41) is 19.9. The fraction of sp³-hybridized carbons (Fsp3) is 0.529. The van der Waals surface area contributed by atoms with Crippen LogP contribution in [0.15, 0.2) is 9.95 Å². The quantitative estimate of drug-likeness (QED) is 0.737. The molecule has 2 heterocycles. The zero-order valence-corrected chi connectivity index (χ0v) is 16.4. The Hall–Kier alpha value is -2.05. The van der Waals surface area contributed by atoms with Crippen molar-refractivity contribution in [3.63, 3.8) is 0 Å². The third-order valence-corrected chi connectivity index (χ3v) is 6.53. The number of thiophene rings is 1. The van der Waals surface area contributed by atoms with Gasteiger partial charge in [0.15, 0.2) is 5.16 Å². The van der Waals surface area contributed by atoms with E-state index >= 15 is 0 Å². The van der Waals surface area contributed by atoms with Crippen LogP contribution in [0.25, 0.3) is 0 Å². The Morgan fingerprint density at radius 2 is 2.38 bits per heavy atom. The van der Waals surface area contributed by atoms with Crippen LogP contribution in [0.5, 0.6) is 0 Å². The number of H-pyrrole nitrogens is 1. The van der Waals surface area contributed by atoms with Crippen molar-refractivity contribution in [2.24, 2.45) is 5.92 Å². The summed E-state index contributed by atoms with van der Waals surface area (Å²) in [4.78, 5) is 25.2. The molecule has 0 saturated heterocycles. The maximum Gasteiger partial charge on any atom is 0.343 e. The highest BCUT2D eigenvalue weighted by Gasteiger charge is 2.24. The van der Waals surface area contributed by atoms with E-state index in [0.29, 0.717) is 28.2 Å². The third-order valence-electron chi connectivity index (χ3n) is 4.38. The number of aromatic amines is 1. The van der Waals surface area contributed by atoms with Crippen molar-refractivity contribution in [2.75, 3.05) is 11.1 Å². The fourth-order valence-corrected chi connectivity index (χ4v) is 5.23. The van der Waals surface area contributed by atoms with Gasteiger partial charge < -0.3 is 5.32 Å². The average molecular weight is 392 g/mol. The van der Waals surface area contributed by atoms with Crippen molar-refractivity contribution in [1.29, 1.82) is 5.26 Å². The highest BCUT2D eigenvalue weighted by atomic mass is 32.2. The average Bonchev–Trinajstić information content (AvgIpc) is 3.13. The standard InChI is InChI=1S/C17H21N5O2S2/c1-3-6-22-16(24)20-21-17(22)25-9-14(23)19-15-12(8-18)11-5-4-10(2)7-13(11)26-15/h10H,3-7,9H2,1-2H3,(H,19,23)(H,20,24)/t10-/m0/s1. The molecule has 0 saturated carbocycles. The summed E-state index contributed by atoms with van der Waals surface area (Å²) < 4.78 is 1.53. The van der Waals surface area contributed by atoms with E-state index in [1.807, 2.05) is 6.92 Å². The van der Waals surface area contributed by atoms with E-state index in [9.17, 15) is 14.9 Å². The zero-order valence-electron chi connectivity index (χ0n) is 14.8. The number of anilines is 1. The number of carbonyl (C=O) groups is 1. The Kier molecular flexibility index (Phi) is 5.84. The van der Waals surface area contributed by atoms with Crippen LogP contribution in [-0.2, 0) is 24.2 Å². The van der Waals surface area contributed by atoms with Crippen molar-refractivity contribution >= 4 is 34.0 Å². The predicted molar refractivity (Wildman–Crippen MR) is 103 cm³/mol. The summed E-state index contributed by atoms with van der Waals surface area (Å²) in [7, 11) is 0. The van der Waals surface area contributed by atoms with E-state index < -0.39 is 0 Å². The van der Waals surface area contributed by atoms with Gasteiger partial charge in [0.2, 0.25) is 5.91 Å². The first-order valence-corrected chi connectivity index (χ1v) is 10.5. The molecule has 0 bridgehead atoms. The minimum atomic E-state index is -0.262. The number of thioether (sulfide) groups is 1. The number of nitrogens with zero attached hydrogens (tertiary/aromatic N) is 3. The van der Waals surface area contributed by atoms with Gasteiger partial charge in [-0.05, 0) is 37.2 Å². The van der Waals surface area contributed by atoms with Crippen LogP contribution >= 0.6 is 23.1 Å². The minimum absolute atomic E-state index is 0.137. The first-order valence-electron chi connectivity index (χ1n) is 8.66. The van der Waals surface area contributed by atoms with Crippen molar-refractivity contribution < 1.29 is 4.79 Å². The van der Waals surface area contributed by atoms with Gasteiger partial charge in [0.05, 0.1) is 11.3 Å². The predicted octanol–water partition coefficient (Wildman–Crippen LogP) is 2.77. The number of fused-ring (bicyclic) bond motifs is 1. The molecule has 2 aromatic heterocycles. The van der Waals surface area contributed by atoms with Crippen LogP contribution < -0.4 is 11.0 Å². The zero-order chi connectivity index (χ0) is 18.7. The Labute approximate surface area is 159 Å². The SMILES string of the molecule is CCCn1c(SCC(=O)Nc2sc3c(c2C#N)CC[C@H](C)C3)n[nH]c1=O. The Morgan fingerprint density at radius 3 is 3.12 bits per heavy atom. The second-order valence-electron chi connectivity index (χ2n) is 6.47. The molecule has 1 atom stereocenters. The number of hydrogen-bond acceptors (Lipinski definition) is 6. The minimum Gasteiger partial charge on any atom is -0.316 e. The van der Waals surface area contributed by atoms with Crippen molar-refractivity contribution in [2.45, 2.75) is 51.2 Å². The number of nitrogens with one attached hydrogen (secondary N) is 2. The molecule has 9 heteroatoms. The van der Waals surface area contributed by atoms with Gasteiger partial charge in [-0.25, -0.2) is 9.89 Å². The molecule has 0 aromatic carbocycles. The number of hydrogen-bond donors (Lipinski definition) is 2. The second-order valence-corrected chi connectivity index (χ2v) is 8.52.